The van der Waals surface area contributed by atoms with Crippen LogP contribution in [0.25, 0.3) is 0 Å². The Bertz CT molecular complexity index is 345. The molecule has 22 heavy (non-hydrogen) atoms. The fraction of sp³-hybridized carbons (Fsp3) is 0.800. The highest BCUT2D eigenvalue weighted by atomic mass is 17.1. The van der Waals surface area contributed by atoms with Gasteiger partial charge in [0.2, 0.25) is 5.91 Å². The van der Waals surface area contributed by atoms with Crippen molar-refractivity contribution >= 4 is 17.8 Å². The Balaban J connectivity index is 3.99. The lowest BCUT2D eigenvalue weighted by molar-refractivity contribution is -0.236. The molecule has 0 aliphatic heterocycles. The minimum atomic E-state index is -1.00. The van der Waals surface area contributed by atoms with E-state index in [9.17, 15) is 14.4 Å². The van der Waals surface area contributed by atoms with E-state index < -0.39 is 18.0 Å². The van der Waals surface area contributed by atoms with Crippen molar-refractivity contribution < 1.29 is 29.6 Å². The summed E-state index contributed by atoms with van der Waals surface area (Å²) >= 11 is 0. The Morgan fingerprint density at radius 1 is 1.00 bits per heavy atom. The minimum absolute atomic E-state index is 0.109. The van der Waals surface area contributed by atoms with Crippen molar-refractivity contribution in [2.45, 2.75) is 77.2 Å². The highest BCUT2D eigenvalue weighted by molar-refractivity contribution is 5.84. The van der Waals surface area contributed by atoms with Gasteiger partial charge in [-0.05, 0) is 19.3 Å². The molecule has 1 amide bonds. The molecule has 0 spiro atoms. The van der Waals surface area contributed by atoms with Crippen LogP contribution in [0.5, 0.6) is 0 Å². The molecular weight excluding hydrogens is 290 g/mol. The van der Waals surface area contributed by atoms with E-state index >= 15 is 0 Å². The van der Waals surface area contributed by atoms with E-state index in [1.54, 1.807) is 0 Å². The van der Waals surface area contributed by atoms with Crippen molar-refractivity contribution in [3.05, 3.63) is 0 Å². The standard InChI is InChI=1S/C15H27NO6/c1-2-3-4-5-6-7-10-13(17)16-12(15(20)22-21)9-8-11-14(18)19/h12,21H,2-11H2,1H3,(H,16,17)(H,18,19). The number of carbonyl (C=O) groups excluding carboxylic acids is 2. The fourth-order valence-corrected chi connectivity index (χ4v) is 2.10. The first-order chi connectivity index (χ1) is 10.5. The summed E-state index contributed by atoms with van der Waals surface area (Å²) in [5.41, 5.74) is 0. The number of carbonyl (C=O) groups is 3. The molecule has 0 bridgehead atoms. The third-order valence-corrected chi connectivity index (χ3v) is 3.35. The number of amides is 1. The summed E-state index contributed by atoms with van der Waals surface area (Å²) < 4.78 is 0. The number of carboxylic acid groups (broad SMARTS) is 1. The zero-order chi connectivity index (χ0) is 16.8. The summed E-state index contributed by atoms with van der Waals surface area (Å²) in [6, 6.07) is -1.00. The van der Waals surface area contributed by atoms with Crippen LogP contribution in [0.15, 0.2) is 0 Å². The first kappa shape index (κ1) is 20.4. The zero-order valence-electron chi connectivity index (χ0n) is 13.2. The van der Waals surface area contributed by atoms with Crippen LogP contribution in [0.4, 0.5) is 0 Å². The summed E-state index contributed by atoms with van der Waals surface area (Å²) in [7, 11) is 0. The molecule has 0 saturated heterocycles. The van der Waals surface area contributed by atoms with E-state index in [4.69, 9.17) is 10.4 Å². The molecule has 0 aliphatic rings. The number of rotatable bonds is 13. The first-order valence-corrected chi connectivity index (χ1v) is 7.87. The van der Waals surface area contributed by atoms with Gasteiger partial charge in [0.05, 0.1) is 0 Å². The van der Waals surface area contributed by atoms with Crippen molar-refractivity contribution in [3.8, 4) is 0 Å². The summed E-state index contributed by atoms with van der Waals surface area (Å²) in [6.45, 7) is 2.14. The van der Waals surface area contributed by atoms with E-state index in [1.807, 2.05) is 0 Å². The van der Waals surface area contributed by atoms with E-state index in [1.165, 1.54) is 12.8 Å². The highest BCUT2D eigenvalue weighted by Gasteiger charge is 2.22. The van der Waals surface area contributed by atoms with E-state index in [0.29, 0.717) is 6.42 Å². The lowest BCUT2D eigenvalue weighted by Gasteiger charge is -2.15. The average Bonchev–Trinajstić information content (AvgIpc) is 2.48. The molecule has 3 N–H and O–H groups in total. The van der Waals surface area contributed by atoms with Gasteiger partial charge in [0.25, 0.3) is 0 Å². The van der Waals surface area contributed by atoms with Crippen LogP contribution < -0.4 is 5.32 Å². The van der Waals surface area contributed by atoms with Crippen LogP contribution >= 0.6 is 0 Å². The van der Waals surface area contributed by atoms with Crippen molar-refractivity contribution in [1.82, 2.24) is 5.32 Å². The molecule has 1 unspecified atom stereocenters. The van der Waals surface area contributed by atoms with Gasteiger partial charge in [0.15, 0.2) is 0 Å². The molecule has 0 aromatic carbocycles. The maximum absolute atomic E-state index is 11.7. The van der Waals surface area contributed by atoms with Crippen LogP contribution in [0.1, 0.15) is 71.1 Å². The van der Waals surface area contributed by atoms with E-state index in [2.05, 4.69) is 17.1 Å². The summed E-state index contributed by atoms with van der Waals surface area (Å²) in [4.78, 5) is 37.2. The molecule has 7 heteroatoms. The van der Waals surface area contributed by atoms with Crippen LogP contribution in [0.3, 0.4) is 0 Å². The minimum Gasteiger partial charge on any atom is -0.481 e. The molecule has 0 rings (SSSR count). The van der Waals surface area contributed by atoms with Gasteiger partial charge in [0, 0.05) is 12.8 Å². The van der Waals surface area contributed by atoms with Gasteiger partial charge in [-0.2, -0.15) is 5.26 Å². The molecule has 0 saturated carbocycles. The maximum Gasteiger partial charge on any atom is 0.364 e. The Labute approximate surface area is 131 Å². The normalized spacial score (nSPS) is 11.7. The number of unbranched alkanes of at least 4 members (excludes halogenated alkanes) is 5. The number of hydrogen-bond acceptors (Lipinski definition) is 5. The predicted octanol–water partition coefficient (Wildman–Crippen LogP) is 2.49. The second-order valence-electron chi connectivity index (χ2n) is 5.33. The Kier molecular flexibility index (Phi) is 12.1. The fourth-order valence-electron chi connectivity index (χ4n) is 2.10. The molecule has 7 nitrogen and oxygen atoms in total. The Morgan fingerprint density at radius 2 is 1.64 bits per heavy atom. The van der Waals surface area contributed by atoms with Gasteiger partial charge in [-0.1, -0.05) is 39.0 Å². The lowest BCUT2D eigenvalue weighted by Crippen LogP contribution is -2.41. The molecule has 0 radical (unpaired) electrons. The summed E-state index contributed by atoms with van der Waals surface area (Å²) in [5, 5.41) is 19.4. The number of nitrogens with one attached hydrogen (secondary N) is 1. The second kappa shape index (κ2) is 13.1. The molecule has 0 aromatic rings. The van der Waals surface area contributed by atoms with Crippen LogP contribution in [0, 0.1) is 0 Å². The number of carboxylic acids is 1. The van der Waals surface area contributed by atoms with Crippen molar-refractivity contribution in [3.63, 3.8) is 0 Å². The predicted molar refractivity (Wildman–Crippen MR) is 80.1 cm³/mol. The third kappa shape index (κ3) is 11.1. The lowest BCUT2D eigenvalue weighted by atomic mass is 10.1. The summed E-state index contributed by atoms with van der Waals surface area (Å²) in [6.07, 6.45) is 6.84. The SMILES string of the molecule is CCCCCCCCC(=O)NC(CCCC(=O)O)C(=O)OO. The smallest absolute Gasteiger partial charge is 0.364 e. The van der Waals surface area contributed by atoms with Gasteiger partial charge < -0.3 is 10.4 Å². The Morgan fingerprint density at radius 3 is 2.23 bits per heavy atom. The first-order valence-electron chi connectivity index (χ1n) is 7.87. The monoisotopic (exact) mass is 317 g/mol. The molecule has 0 fully saturated rings. The molecule has 0 aliphatic carbocycles. The van der Waals surface area contributed by atoms with Gasteiger partial charge >= 0.3 is 11.9 Å². The van der Waals surface area contributed by atoms with Crippen molar-refractivity contribution in [2.75, 3.05) is 0 Å². The molecular formula is C15H27NO6. The molecule has 1 atom stereocenters. The van der Waals surface area contributed by atoms with Crippen LogP contribution in [0.2, 0.25) is 0 Å². The maximum atomic E-state index is 11.7. The summed E-state index contributed by atoms with van der Waals surface area (Å²) in [5.74, 6) is -2.24. The zero-order valence-corrected chi connectivity index (χ0v) is 13.2. The Hall–Kier alpha value is -1.63. The largest absolute Gasteiger partial charge is 0.481 e. The molecule has 0 heterocycles. The second-order valence-corrected chi connectivity index (χ2v) is 5.33. The number of hydrogen-bond donors (Lipinski definition) is 3. The van der Waals surface area contributed by atoms with Gasteiger partial charge in [-0.25, -0.2) is 4.79 Å². The average molecular weight is 317 g/mol. The van der Waals surface area contributed by atoms with Gasteiger partial charge in [-0.3, -0.25) is 14.5 Å². The highest BCUT2D eigenvalue weighted by Crippen LogP contribution is 2.08. The third-order valence-electron chi connectivity index (χ3n) is 3.35. The van der Waals surface area contributed by atoms with E-state index in [-0.39, 0.29) is 25.2 Å². The van der Waals surface area contributed by atoms with Crippen LogP contribution in [-0.4, -0.2) is 34.3 Å². The van der Waals surface area contributed by atoms with E-state index in [0.717, 1.165) is 25.7 Å². The van der Waals surface area contributed by atoms with Gasteiger partial charge in [-0.15, -0.1) is 0 Å². The molecule has 0 aromatic heterocycles. The van der Waals surface area contributed by atoms with Crippen molar-refractivity contribution in [2.24, 2.45) is 0 Å². The van der Waals surface area contributed by atoms with Crippen LogP contribution in [-0.2, 0) is 19.3 Å². The van der Waals surface area contributed by atoms with Gasteiger partial charge in [0.1, 0.15) is 6.04 Å². The molecule has 128 valence electrons. The van der Waals surface area contributed by atoms with Crippen molar-refractivity contribution in [1.29, 1.82) is 0 Å². The number of aliphatic carboxylic acids is 1. The topological polar surface area (TPSA) is 113 Å². The quantitative estimate of drug-likeness (QED) is 0.273.